The van der Waals surface area contributed by atoms with Gasteiger partial charge < -0.3 is 10.6 Å². The fraction of sp³-hybridized carbons (Fsp3) is 0.667. The zero-order valence-corrected chi connectivity index (χ0v) is 8.27. The van der Waals surface area contributed by atoms with Gasteiger partial charge in [0, 0.05) is 13.6 Å². The van der Waals surface area contributed by atoms with Gasteiger partial charge in [-0.3, -0.25) is 4.79 Å². The van der Waals surface area contributed by atoms with Gasteiger partial charge in [-0.05, 0) is 20.8 Å². The number of carbonyl (C=O) groups excluding carboxylic acids is 1. The number of allylic oxidation sites excluding steroid dienone is 1. The van der Waals surface area contributed by atoms with Crippen molar-refractivity contribution in [1.82, 2.24) is 10.6 Å². The molecule has 0 aliphatic heterocycles. The molecule has 0 aromatic carbocycles. The summed E-state index contributed by atoms with van der Waals surface area (Å²) < 4.78 is 0. The van der Waals surface area contributed by atoms with Gasteiger partial charge in [0.15, 0.2) is 0 Å². The van der Waals surface area contributed by atoms with Crippen molar-refractivity contribution in [2.24, 2.45) is 0 Å². The number of hydrogen-bond acceptors (Lipinski definition) is 2. The highest BCUT2D eigenvalue weighted by molar-refractivity contribution is 5.80. The fourth-order valence-corrected chi connectivity index (χ4v) is 0.749. The van der Waals surface area contributed by atoms with Crippen LogP contribution in [0, 0.1) is 0 Å². The number of hydrogen-bond donors (Lipinski definition) is 2. The van der Waals surface area contributed by atoms with E-state index in [-0.39, 0.29) is 11.9 Å². The van der Waals surface area contributed by atoms with E-state index in [4.69, 9.17) is 0 Å². The second kappa shape index (κ2) is 5.77. The summed E-state index contributed by atoms with van der Waals surface area (Å²) in [6, 6.07) is -0.120. The van der Waals surface area contributed by atoms with Crippen LogP contribution in [0.4, 0.5) is 0 Å². The molecule has 1 atom stereocenters. The summed E-state index contributed by atoms with van der Waals surface area (Å²) in [5.41, 5.74) is 1.26. The van der Waals surface area contributed by atoms with E-state index < -0.39 is 0 Å². The quantitative estimate of drug-likeness (QED) is 0.609. The Labute approximate surface area is 74.2 Å². The van der Waals surface area contributed by atoms with Gasteiger partial charge in [0.05, 0.1) is 6.04 Å². The van der Waals surface area contributed by atoms with Crippen molar-refractivity contribution >= 4 is 5.91 Å². The lowest BCUT2D eigenvalue weighted by atomic mass is 10.3. The number of nitrogens with one attached hydrogen (secondary N) is 2. The Morgan fingerprint density at radius 3 is 2.50 bits per heavy atom. The van der Waals surface area contributed by atoms with E-state index in [0.29, 0.717) is 0 Å². The number of carbonyl (C=O) groups is 1. The summed E-state index contributed by atoms with van der Waals surface area (Å²) in [5.74, 6) is 0.0251. The minimum absolute atomic E-state index is 0.0251. The lowest BCUT2D eigenvalue weighted by molar-refractivity contribution is -0.122. The topological polar surface area (TPSA) is 41.1 Å². The van der Waals surface area contributed by atoms with Crippen LogP contribution < -0.4 is 10.6 Å². The van der Waals surface area contributed by atoms with Crippen molar-refractivity contribution in [3.8, 4) is 0 Å². The van der Waals surface area contributed by atoms with Crippen LogP contribution in [0.15, 0.2) is 11.6 Å². The second-order valence-corrected chi connectivity index (χ2v) is 3.03. The van der Waals surface area contributed by atoms with Gasteiger partial charge >= 0.3 is 0 Å². The Hall–Kier alpha value is -0.830. The lowest BCUT2D eigenvalue weighted by Crippen LogP contribution is -2.40. The van der Waals surface area contributed by atoms with E-state index in [1.807, 2.05) is 20.8 Å². The average molecular weight is 170 g/mol. The SMILES string of the molecule is CNC(=O)C(C)NCC=C(C)C. The minimum Gasteiger partial charge on any atom is -0.358 e. The van der Waals surface area contributed by atoms with Gasteiger partial charge in [0.25, 0.3) is 0 Å². The van der Waals surface area contributed by atoms with E-state index in [1.54, 1.807) is 7.05 Å². The number of rotatable bonds is 4. The third-order valence-corrected chi connectivity index (χ3v) is 1.57. The van der Waals surface area contributed by atoms with Gasteiger partial charge in [0.2, 0.25) is 5.91 Å². The zero-order chi connectivity index (χ0) is 9.56. The minimum atomic E-state index is -0.120. The monoisotopic (exact) mass is 170 g/mol. The standard InChI is InChI=1S/C9H18N2O/c1-7(2)5-6-11-8(3)9(12)10-4/h5,8,11H,6H2,1-4H3,(H,10,12). The van der Waals surface area contributed by atoms with E-state index in [2.05, 4.69) is 16.7 Å². The van der Waals surface area contributed by atoms with E-state index in [9.17, 15) is 4.79 Å². The summed E-state index contributed by atoms with van der Waals surface area (Å²) in [6.45, 7) is 6.66. The molecule has 0 bridgehead atoms. The Morgan fingerprint density at radius 1 is 1.50 bits per heavy atom. The number of amides is 1. The molecule has 0 saturated carbocycles. The van der Waals surface area contributed by atoms with Crippen LogP contribution in [0.2, 0.25) is 0 Å². The molecule has 3 heteroatoms. The molecule has 70 valence electrons. The molecule has 0 radical (unpaired) electrons. The largest absolute Gasteiger partial charge is 0.358 e. The van der Waals surface area contributed by atoms with Crippen LogP contribution in [-0.4, -0.2) is 25.5 Å². The molecule has 0 rings (SSSR count). The van der Waals surface area contributed by atoms with E-state index in [1.165, 1.54) is 5.57 Å². The normalized spacial score (nSPS) is 12.0. The van der Waals surface area contributed by atoms with Crippen molar-refractivity contribution < 1.29 is 4.79 Å². The molecule has 0 fully saturated rings. The maximum absolute atomic E-state index is 11.0. The van der Waals surface area contributed by atoms with Gasteiger partial charge in [-0.15, -0.1) is 0 Å². The molecule has 3 nitrogen and oxygen atoms in total. The number of likely N-dealkylation sites (N-methyl/N-ethyl adjacent to an activating group) is 1. The summed E-state index contributed by atoms with van der Waals surface area (Å²) in [7, 11) is 1.64. The first kappa shape index (κ1) is 11.2. The van der Waals surface area contributed by atoms with E-state index in [0.717, 1.165) is 6.54 Å². The van der Waals surface area contributed by atoms with Crippen LogP contribution in [0.1, 0.15) is 20.8 Å². The molecule has 12 heavy (non-hydrogen) atoms. The van der Waals surface area contributed by atoms with Gasteiger partial charge in [-0.2, -0.15) is 0 Å². The zero-order valence-electron chi connectivity index (χ0n) is 8.27. The van der Waals surface area contributed by atoms with Crippen LogP contribution >= 0.6 is 0 Å². The van der Waals surface area contributed by atoms with Crippen molar-refractivity contribution in [3.63, 3.8) is 0 Å². The summed E-state index contributed by atoms with van der Waals surface area (Å²) in [6.07, 6.45) is 2.06. The highest BCUT2D eigenvalue weighted by Gasteiger charge is 2.07. The Kier molecular flexibility index (Phi) is 5.37. The second-order valence-electron chi connectivity index (χ2n) is 3.03. The smallest absolute Gasteiger partial charge is 0.236 e. The van der Waals surface area contributed by atoms with Crippen LogP contribution in [0.25, 0.3) is 0 Å². The molecular formula is C9H18N2O. The molecule has 0 aliphatic rings. The summed E-state index contributed by atoms with van der Waals surface area (Å²) in [4.78, 5) is 11.0. The predicted molar refractivity (Wildman–Crippen MR) is 51.0 cm³/mol. The molecule has 0 aromatic rings. The predicted octanol–water partition coefficient (Wildman–Crippen LogP) is 0.677. The van der Waals surface area contributed by atoms with Crippen molar-refractivity contribution in [2.75, 3.05) is 13.6 Å². The summed E-state index contributed by atoms with van der Waals surface area (Å²) in [5, 5.41) is 5.66. The molecule has 0 aromatic heterocycles. The van der Waals surface area contributed by atoms with Crippen LogP contribution in [0.3, 0.4) is 0 Å². The highest BCUT2D eigenvalue weighted by atomic mass is 16.2. The van der Waals surface area contributed by atoms with Gasteiger partial charge in [0.1, 0.15) is 0 Å². The lowest BCUT2D eigenvalue weighted by Gasteiger charge is -2.09. The molecule has 2 N–H and O–H groups in total. The Morgan fingerprint density at radius 2 is 2.08 bits per heavy atom. The highest BCUT2D eigenvalue weighted by Crippen LogP contribution is 1.87. The molecule has 1 unspecified atom stereocenters. The van der Waals surface area contributed by atoms with Crippen LogP contribution in [-0.2, 0) is 4.79 Å². The average Bonchev–Trinajstić information content (AvgIpc) is 2.02. The molecule has 0 heterocycles. The molecule has 0 saturated heterocycles. The first-order valence-corrected chi connectivity index (χ1v) is 4.16. The van der Waals surface area contributed by atoms with Crippen molar-refractivity contribution in [3.05, 3.63) is 11.6 Å². The maximum atomic E-state index is 11.0. The maximum Gasteiger partial charge on any atom is 0.236 e. The van der Waals surface area contributed by atoms with E-state index >= 15 is 0 Å². The van der Waals surface area contributed by atoms with Gasteiger partial charge in [-0.25, -0.2) is 0 Å². The van der Waals surface area contributed by atoms with Crippen molar-refractivity contribution in [1.29, 1.82) is 0 Å². The third-order valence-electron chi connectivity index (χ3n) is 1.57. The molecule has 0 aliphatic carbocycles. The first-order valence-electron chi connectivity index (χ1n) is 4.16. The Balaban J connectivity index is 3.64. The third kappa shape index (κ3) is 4.91. The fourth-order valence-electron chi connectivity index (χ4n) is 0.749. The van der Waals surface area contributed by atoms with Crippen LogP contribution in [0.5, 0.6) is 0 Å². The van der Waals surface area contributed by atoms with Crippen molar-refractivity contribution in [2.45, 2.75) is 26.8 Å². The molecule has 1 amide bonds. The van der Waals surface area contributed by atoms with Gasteiger partial charge in [-0.1, -0.05) is 11.6 Å². The Bertz CT molecular complexity index is 171. The molecular weight excluding hydrogens is 152 g/mol. The first-order chi connectivity index (χ1) is 5.57. The molecule has 0 spiro atoms. The summed E-state index contributed by atoms with van der Waals surface area (Å²) >= 11 is 0.